The van der Waals surface area contributed by atoms with Gasteiger partial charge in [0.2, 0.25) is 21.8 Å². The zero-order valence-electron chi connectivity index (χ0n) is 13.9. The molecule has 0 N–H and O–H groups in total. The van der Waals surface area contributed by atoms with Gasteiger partial charge in [0.05, 0.1) is 23.8 Å². The topological polar surface area (TPSA) is 74.8 Å². The van der Waals surface area contributed by atoms with Gasteiger partial charge in [-0.25, -0.2) is 8.42 Å². The third-order valence-electron chi connectivity index (χ3n) is 5.03. The highest BCUT2D eigenvalue weighted by Gasteiger charge is 2.55. The molecule has 3 atom stereocenters. The average Bonchev–Trinajstić information content (AvgIpc) is 3.07. The lowest BCUT2D eigenvalue weighted by Gasteiger charge is -2.25. The van der Waals surface area contributed by atoms with Crippen molar-refractivity contribution in [2.45, 2.75) is 38.8 Å². The van der Waals surface area contributed by atoms with Crippen LogP contribution in [0.3, 0.4) is 0 Å². The largest absolute Gasteiger partial charge is 0.278 e. The standard InChI is InChI=1S/C17H22N2O4S/c1-12-16-15(19(13(2)20)17(12)21)8-10-18(16)24(22,23)11-9-14-6-4-3-5-7-14/h3-7,12,15-16H,8-11H2,1-2H3/t12-,15-,16+/m0/s1. The Kier molecular flexibility index (Phi) is 4.48. The molecule has 0 bridgehead atoms. The molecule has 0 spiro atoms. The van der Waals surface area contributed by atoms with Crippen LogP contribution in [0.5, 0.6) is 0 Å². The summed E-state index contributed by atoms with van der Waals surface area (Å²) in [6.45, 7) is 3.45. The highest BCUT2D eigenvalue weighted by molar-refractivity contribution is 7.89. The maximum atomic E-state index is 12.8. The number of rotatable bonds is 4. The van der Waals surface area contributed by atoms with Gasteiger partial charge in [-0.1, -0.05) is 37.3 Å². The molecule has 2 aliphatic rings. The van der Waals surface area contributed by atoms with E-state index in [-0.39, 0.29) is 23.6 Å². The molecule has 0 aromatic heterocycles. The van der Waals surface area contributed by atoms with Crippen molar-refractivity contribution in [2.24, 2.45) is 5.92 Å². The Morgan fingerprint density at radius 2 is 1.92 bits per heavy atom. The fourth-order valence-corrected chi connectivity index (χ4v) is 5.69. The molecule has 2 aliphatic heterocycles. The van der Waals surface area contributed by atoms with Crippen LogP contribution in [-0.2, 0) is 26.0 Å². The normalized spacial score (nSPS) is 27.5. The number of hydrogen-bond donors (Lipinski definition) is 0. The summed E-state index contributed by atoms with van der Waals surface area (Å²) in [5.74, 6) is -1.03. The van der Waals surface area contributed by atoms with E-state index in [0.29, 0.717) is 19.4 Å². The van der Waals surface area contributed by atoms with Crippen LogP contribution < -0.4 is 0 Å². The van der Waals surface area contributed by atoms with E-state index in [9.17, 15) is 18.0 Å². The second kappa shape index (κ2) is 6.29. The summed E-state index contributed by atoms with van der Waals surface area (Å²) in [5.41, 5.74) is 0.970. The number of sulfonamides is 1. The smallest absolute Gasteiger partial charge is 0.234 e. The molecule has 2 fully saturated rings. The summed E-state index contributed by atoms with van der Waals surface area (Å²) < 4.78 is 27.0. The molecule has 1 aromatic carbocycles. The van der Waals surface area contributed by atoms with E-state index in [0.717, 1.165) is 5.56 Å². The molecule has 0 saturated carbocycles. The van der Waals surface area contributed by atoms with Crippen LogP contribution in [0.15, 0.2) is 30.3 Å². The fourth-order valence-electron chi connectivity index (χ4n) is 3.89. The molecule has 7 heteroatoms. The molecule has 24 heavy (non-hydrogen) atoms. The Balaban J connectivity index is 1.77. The van der Waals surface area contributed by atoms with Gasteiger partial charge in [-0.2, -0.15) is 4.31 Å². The van der Waals surface area contributed by atoms with Gasteiger partial charge < -0.3 is 0 Å². The molecule has 0 unspecified atom stereocenters. The van der Waals surface area contributed by atoms with Gasteiger partial charge in [0.25, 0.3) is 0 Å². The molecular formula is C17H22N2O4S. The number of aryl methyl sites for hydroxylation is 1. The summed E-state index contributed by atoms with van der Waals surface area (Å²) in [6.07, 6.45) is 0.959. The first-order valence-corrected chi connectivity index (χ1v) is 9.81. The van der Waals surface area contributed by atoms with Crippen molar-refractivity contribution in [3.63, 3.8) is 0 Å². The number of nitrogens with zero attached hydrogens (tertiary/aromatic N) is 2. The van der Waals surface area contributed by atoms with Crippen LogP contribution in [0.1, 0.15) is 25.8 Å². The summed E-state index contributed by atoms with van der Waals surface area (Å²) >= 11 is 0. The van der Waals surface area contributed by atoms with Gasteiger partial charge in [-0.05, 0) is 18.4 Å². The third-order valence-corrected chi connectivity index (χ3v) is 6.89. The quantitative estimate of drug-likeness (QED) is 0.813. The third kappa shape index (κ3) is 2.86. The summed E-state index contributed by atoms with van der Waals surface area (Å²) in [4.78, 5) is 25.3. The highest BCUT2D eigenvalue weighted by atomic mass is 32.2. The first-order valence-electron chi connectivity index (χ1n) is 8.20. The Morgan fingerprint density at radius 3 is 2.54 bits per heavy atom. The van der Waals surface area contributed by atoms with Crippen LogP contribution in [0.25, 0.3) is 0 Å². The molecule has 2 amide bonds. The molecule has 1 aromatic rings. The van der Waals surface area contributed by atoms with Crippen molar-refractivity contribution in [1.82, 2.24) is 9.21 Å². The van der Waals surface area contributed by atoms with E-state index in [1.54, 1.807) is 6.92 Å². The minimum atomic E-state index is -3.47. The van der Waals surface area contributed by atoms with Crippen molar-refractivity contribution in [3.8, 4) is 0 Å². The zero-order valence-corrected chi connectivity index (χ0v) is 14.7. The van der Waals surface area contributed by atoms with Gasteiger partial charge in [0, 0.05) is 13.5 Å². The van der Waals surface area contributed by atoms with Crippen molar-refractivity contribution in [3.05, 3.63) is 35.9 Å². The number of likely N-dealkylation sites (tertiary alicyclic amines) is 1. The molecule has 2 saturated heterocycles. The zero-order chi connectivity index (χ0) is 17.5. The monoisotopic (exact) mass is 350 g/mol. The molecule has 130 valence electrons. The second-order valence-corrected chi connectivity index (χ2v) is 8.57. The first-order chi connectivity index (χ1) is 11.3. The predicted octanol–water partition coefficient (Wildman–Crippen LogP) is 1.03. The highest BCUT2D eigenvalue weighted by Crippen LogP contribution is 2.38. The van der Waals surface area contributed by atoms with Crippen LogP contribution in [0, 0.1) is 5.92 Å². The minimum Gasteiger partial charge on any atom is -0.278 e. The summed E-state index contributed by atoms with van der Waals surface area (Å²) in [6, 6.07) is 8.72. The van der Waals surface area contributed by atoms with E-state index in [2.05, 4.69) is 0 Å². The van der Waals surface area contributed by atoms with Crippen LogP contribution in [-0.4, -0.2) is 53.8 Å². The van der Waals surface area contributed by atoms with E-state index in [1.165, 1.54) is 16.1 Å². The van der Waals surface area contributed by atoms with Gasteiger partial charge in [0.1, 0.15) is 0 Å². The lowest BCUT2D eigenvalue weighted by atomic mass is 10.0. The lowest BCUT2D eigenvalue weighted by molar-refractivity contribution is -0.143. The Labute approximate surface area is 142 Å². The van der Waals surface area contributed by atoms with Crippen LogP contribution >= 0.6 is 0 Å². The van der Waals surface area contributed by atoms with E-state index >= 15 is 0 Å². The average molecular weight is 350 g/mol. The lowest BCUT2D eigenvalue weighted by Crippen LogP contribution is -2.43. The Hall–Kier alpha value is -1.73. The molecule has 3 rings (SSSR count). The minimum absolute atomic E-state index is 0.0151. The van der Waals surface area contributed by atoms with Crippen LogP contribution in [0.4, 0.5) is 0 Å². The van der Waals surface area contributed by atoms with Gasteiger partial charge in [-0.15, -0.1) is 0 Å². The number of amides is 2. The Morgan fingerprint density at radius 1 is 1.25 bits per heavy atom. The van der Waals surface area contributed by atoms with Gasteiger partial charge in [-0.3, -0.25) is 14.5 Å². The van der Waals surface area contributed by atoms with E-state index in [1.807, 2.05) is 30.3 Å². The van der Waals surface area contributed by atoms with Crippen molar-refractivity contribution in [1.29, 1.82) is 0 Å². The number of carbonyl (C=O) groups is 2. The second-order valence-electron chi connectivity index (χ2n) is 6.52. The molecular weight excluding hydrogens is 328 g/mol. The molecule has 6 nitrogen and oxygen atoms in total. The number of imide groups is 1. The SMILES string of the molecule is CC(=O)N1C(=O)[C@@H](C)[C@@H]2[C@@H]1CCN2S(=O)(=O)CCc1ccccc1. The van der Waals surface area contributed by atoms with Crippen molar-refractivity contribution < 1.29 is 18.0 Å². The number of hydrogen-bond acceptors (Lipinski definition) is 4. The number of fused-ring (bicyclic) bond motifs is 1. The summed E-state index contributed by atoms with van der Waals surface area (Å²) in [5, 5.41) is 0. The van der Waals surface area contributed by atoms with Crippen molar-refractivity contribution >= 4 is 21.8 Å². The van der Waals surface area contributed by atoms with Crippen molar-refractivity contribution in [2.75, 3.05) is 12.3 Å². The molecule has 0 radical (unpaired) electrons. The fraction of sp³-hybridized carbons (Fsp3) is 0.529. The maximum Gasteiger partial charge on any atom is 0.234 e. The molecule has 2 heterocycles. The van der Waals surface area contributed by atoms with E-state index in [4.69, 9.17) is 0 Å². The predicted molar refractivity (Wildman–Crippen MR) is 89.5 cm³/mol. The summed E-state index contributed by atoms with van der Waals surface area (Å²) in [7, 11) is -3.47. The van der Waals surface area contributed by atoms with Gasteiger partial charge >= 0.3 is 0 Å². The van der Waals surface area contributed by atoms with Crippen LogP contribution in [0.2, 0.25) is 0 Å². The van der Waals surface area contributed by atoms with Gasteiger partial charge in [0.15, 0.2) is 0 Å². The number of benzene rings is 1. The molecule has 0 aliphatic carbocycles. The maximum absolute atomic E-state index is 12.8. The van der Waals surface area contributed by atoms with E-state index < -0.39 is 22.0 Å². The Bertz CT molecular complexity index is 747. The first kappa shape index (κ1) is 17.1. The number of carbonyl (C=O) groups excluding carboxylic acids is 2.